The molecule has 1 aromatic heterocycles. The third kappa shape index (κ3) is 4.41. The van der Waals surface area contributed by atoms with Gasteiger partial charge in [-0.3, -0.25) is 4.79 Å². The van der Waals surface area contributed by atoms with Crippen molar-refractivity contribution in [3.63, 3.8) is 0 Å². The molecule has 25 heavy (non-hydrogen) atoms. The van der Waals surface area contributed by atoms with Crippen molar-refractivity contribution in [2.24, 2.45) is 0 Å². The quantitative estimate of drug-likeness (QED) is 0.615. The number of carbonyl (C=O) groups excluding carboxylic acids is 1. The number of benzene rings is 1. The predicted octanol–water partition coefficient (Wildman–Crippen LogP) is 3.55. The second-order valence-corrected chi connectivity index (χ2v) is 5.44. The van der Waals surface area contributed by atoms with E-state index in [0.717, 1.165) is 0 Å². The number of hydrogen-bond donors (Lipinski definition) is 1. The Morgan fingerprint density at radius 1 is 1.44 bits per heavy atom. The zero-order valence-corrected chi connectivity index (χ0v) is 13.8. The van der Waals surface area contributed by atoms with Crippen LogP contribution in [0.25, 0.3) is 0 Å². The molecule has 11 heteroatoms. The zero-order chi connectivity index (χ0) is 18.7. The van der Waals surface area contributed by atoms with Crippen LogP contribution >= 0.6 is 11.6 Å². The van der Waals surface area contributed by atoms with Gasteiger partial charge in [-0.1, -0.05) is 11.6 Å². The number of hydrogen-bond acceptors (Lipinski definition) is 5. The molecule has 2 aromatic rings. The van der Waals surface area contributed by atoms with E-state index >= 15 is 0 Å². The Balaban J connectivity index is 2.13. The smallest absolute Gasteiger partial charge is 0.390 e. The molecule has 0 saturated carbocycles. The van der Waals surface area contributed by atoms with E-state index in [1.165, 1.54) is 35.9 Å². The van der Waals surface area contributed by atoms with Crippen LogP contribution in [0.5, 0.6) is 5.75 Å². The first-order chi connectivity index (χ1) is 11.7. The summed E-state index contributed by atoms with van der Waals surface area (Å²) in [5.41, 5.74) is 0.691. The molecule has 1 amide bonds. The fraction of sp³-hybridized carbons (Fsp3) is 0.286. The fourth-order valence-electron chi connectivity index (χ4n) is 2.08. The highest BCUT2D eigenvalue weighted by molar-refractivity contribution is 6.32. The molecule has 1 heterocycles. The summed E-state index contributed by atoms with van der Waals surface area (Å²) in [6.07, 6.45) is 0. The van der Waals surface area contributed by atoms with Crippen LogP contribution in [0.3, 0.4) is 0 Å². The second-order valence-electron chi connectivity index (χ2n) is 5.03. The number of ether oxygens (including phenoxy) is 1. The number of aryl methyl sites for hydroxylation is 1. The average Bonchev–Trinajstić information content (AvgIpc) is 2.91. The number of carbonyl (C=O) groups is 1. The highest BCUT2D eigenvalue weighted by atomic mass is 35.5. The van der Waals surface area contributed by atoms with Gasteiger partial charge < -0.3 is 20.2 Å². The Morgan fingerprint density at radius 2 is 2.12 bits per heavy atom. The topological polar surface area (TPSA) is 99.3 Å². The molecule has 0 bridgehead atoms. The summed E-state index contributed by atoms with van der Waals surface area (Å²) in [6.45, 7) is 0.0723. The van der Waals surface area contributed by atoms with Gasteiger partial charge in [-0.05, 0) is 37.0 Å². The fourth-order valence-corrected chi connectivity index (χ4v) is 2.31. The zero-order valence-electron chi connectivity index (χ0n) is 13.1. The molecule has 0 aliphatic carbocycles. The molecule has 1 aromatic carbocycles. The number of nitrogens with one attached hydrogen (secondary N) is 1. The van der Waals surface area contributed by atoms with Crippen LogP contribution in [0.4, 0.5) is 20.3 Å². The van der Waals surface area contributed by atoms with Gasteiger partial charge in [0.05, 0.1) is 21.9 Å². The largest absolute Gasteiger partial charge is 0.433 e. The maximum Gasteiger partial charge on any atom is 0.390 e. The lowest BCUT2D eigenvalue weighted by molar-refractivity contribution is -0.389. The molecule has 0 saturated heterocycles. The molecular formula is C14H13ClF2N4O4. The van der Waals surface area contributed by atoms with Gasteiger partial charge in [-0.25, -0.2) is 0 Å². The van der Waals surface area contributed by atoms with Gasteiger partial charge in [0.2, 0.25) is 0 Å². The van der Waals surface area contributed by atoms with Crippen LogP contribution in [0.15, 0.2) is 24.3 Å². The van der Waals surface area contributed by atoms with Gasteiger partial charge in [0.15, 0.2) is 0 Å². The van der Waals surface area contributed by atoms with Crippen molar-refractivity contribution in [3.8, 4) is 5.75 Å². The number of anilines is 1. The van der Waals surface area contributed by atoms with Crippen LogP contribution in [0.2, 0.25) is 5.02 Å². The number of nitro groups is 1. The Bertz CT molecular complexity index is 812. The minimum Gasteiger partial charge on any atom is -0.433 e. The van der Waals surface area contributed by atoms with E-state index in [1.54, 1.807) is 6.92 Å². The summed E-state index contributed by atoms with van der Waals surface area (Å²) in [6, 6.07) is 4.19. The van der Waals surface area contributed by atoms with Crippen molar-refractivity contribution in [3.05, 3.63) is 45.1 Å². The summed E-state index contributed by atoms with van der Waals surface area (Å²) >= 11 is 5.81. The van der Waals surface area contributed by atoms with E-state index in [1.807, 2.05) is 0 Å². The van der Waals surface area contributed by atoms with Crippen LogP contribution < -0.4 is 10.1 Å². The Labute approximate surface area is 145 Å². The third-order valence-corrected chi connectivity index (χ3v) is 3.55. The highest BCUT2D eigenvalue weighted by Crippen LogP contribution is 2.29. The van der Waals surface area contributed by atoms with E-state index in [2.05, 4.69) is 15.2 Å². The molecule has 0 aliphatic rings. The van der Waals surface area contributed by atoms with Crippen molar-refractivity contribution in [1.29, 1.82) is 0 Å². The standard InChI is InChI=1S/C14H13ClF2N4O4/c1-7-5-12(21(23)24)19-20(7)8(2)13(22)18-9-3-4-11(10(15)6-9)25-14(16)17/h3-6,8,14H,1-2H3,(H,18,22). The first-order valence-electron chi connectivity index (χ1n) is 6.94. The number of aromatic nitrogens is 2. The van der Waals surface area contributed by atoms with Crippen LogP contribution in [0.1, 0.15) is 18.7 Å². The van der Waals surface area contributed by atoms with Crippen molar-refractivity contribution in [2.45, 2.75) is 26.5 Å². The van der Waals surface area contributed by atoms with Crippen molar-refractivity contribution < 1.29 is 23.2 Å². The summed E-state index contributed by atoms with van der Waals surface area (Å²) < 4.78 is 29.8. The van der Waals surface area contributed by atoms with Crippen LogP contribution in [0, 0.1) is 17.0 Å². The molecule has 2 rings (SSSR count). The molecule has 0 aliphatic heterocycles. The molecule has 0 radical (unpaired) electrons. The minimum absolute atomic E-state index is 0.100. The second kappa shape index (κ2) is 7.43. The van der Waals surface area contributed by atoms with Gasteiger partial charge >= 0.3 is 12.4 Å². The van der Waals surface area contributed by atoms with Crippen LogP contribution in [-0.2, 0) is 4.79 Å². The minimum atomic E-state index is -3.02. The lowest BCUT2D eigenvalue weighted by Crippen LogP contribution is -2.25. The van der Waals surface area contributed by atoms with E-state index in [-0.39, 0.29) is 22.3 Å². The Hall–Kier alpha value is -2.75. The average molecular weight is 375 g/mol. The first-order valence-corrected chi connectivity index (χ1v) is 7.32. The van der Waals surface area contributed by atoms with Crippen LogP contribution in [-0.4, -0.2) is 27.2 Å². The number of nitrogens with zero attached hydrogens (tertiary/aromatic N) is 3. The number of rotatable bonds is 6. The Kier molecular flexibility index (Phi) is 5.52. The number of amides is 1. The van der Waals surface area contributed by atoms with Gasteiger partial charge in [0.25, 0.3) is 5.91 Å². The molecule has 0 spiro atoms. The summed E-state index contributed by atoms with van der Waals surface area (Å²) in [4.78, 5) is 22.4. The molecular weight excluding hydrogens is 362 g/mol. The predicted molar refractivity (Wildman–Crippen MR) is 85.0 cm³/mol. The summed E-state index contributed by atoms with van der Waals surface area (Å²) in [5.74, 6) is -1.10. The monoisotopic (exact) mass is 374 g/mol. The lowest BCUT2D eigenvalue weighted by atomic mass is 10.2. The SMILES string of the molecule is Cc1cc([N+](=O)[O-])nn1C(C)C(=O)Nc1ccc(OC(F)F)c(Cl)c1. The maximum atomic E-state index is 12.3. The van der Waals surface area contributed by atoms with Crippen molar-refractivity contribution >= 4 is 29.0 Å². The summed E-state index contributed by atoms with van der Waals surface area (Å²) in [7, 11) is 0. The van der Waals surface area contributed by atoms with Crippen molar-refractivity contribution in [1.82, 2.24) is 9.78 Å². The highest BCUT2D eigenvalue weighted by Gasteiger charge is 2.24. The van der Waals surface area contributed by atoms with E-state index < -0.39 is 23.5 Å². The van der Waals surface area contributed by atoms with E-state index in [4.69, 9.17) is 11.6 Å². The Morgan fingerprint density at radius 3 is 2.64 bits per heavy atom. The molecule has 1 N–H and O–H groups in total. The molecule has 0 fully saturated rings. The lowest BCUT2D eigenvalue weighted by Gasteiger charge is -2.13. The number of alkyl halides is 2. The molecule has 8 nitrogen and oxygen atoms in total. The van der Waals surface area contributed by atoms with E-state index in [0.29, 0.717) is 5.69 Å². The van der Waals surface area contributed by atoms with Gasteiger partial charge in [-0.15, -0.1) is 0 Å². The molecule has 134 valence electrons. The normalized spacial score (nSPS) is 12.1. The number of halogens is 3. The molecule has 1 atom stereocenters. The van der Waals surface area contributed by atoms with E-state index in [9.17, 15) is 23.7 Å². The third-order valence-electron chi connectivity index (χ3n) is 3.26. The van der Waals surface area contributed by atoms with Gasteiger partial charge in [0.1, 0.15) is 11.8 Å². The van der Waals surface area contributed by atoms with Crippen molar-refractivity contribution in [2.75, 3.05) is 5.32 Å². The summed E-state index contributed by atoms with van der Waals surface area (Å²) in [5, 5.41) is 16.9. The van der Waals surface area contributed by atoms with Gasteiger partial charge in [-0.2, -0.15) is 13.5 Å². The first kappa shape index (κ1) is 18.6. The maximum absolute atomic E-state index is 12.3. The van der Waals surface area contributed by atoms with Gasteiger partial charge in [0, 0.05) is 5.69 Å². The molecule has 1 unspecified atom stereocenters.